The Bertz CT molecular complexity index is 892. The molecule has 2 aromatic rings. The van der Waals surface area contributed by atoms with Gasteiger partial charge in [-0.1, -0.05) is 18.2 Å². The lowest BCUT2D eigenvalue weighted by Crippen LogP contribution is -2.36. The number of rotatable bonds is 8. The van der Waals surface area contributed by atoms with Crippen molar-refractivity contribution in [2.75, 3.05) is 7.11 Å². The van der Waals surface area contributed by atoms with Crippen LogP contribution in [0.5, 0.6) is 5.75 Å². The third-order valence-electron chi connectivity index (χ3n) is 4.13. The van der Waals surface area contributed by atoms with Crippen LogP contribution in [0, 0.1) is 24.0 Å². The third-order valence-corrected chi connectivity index (χ3v) is 4.13. The molecule has 10 heteroatoms. The lowest BCUT2D eigenvalue weighted by Gasteiger charge is -2.15. The predicted octanol–water partition coefficient (Wildman–Crippen LogP) is 1.66. The molecule has 0 spiro atoms. The second kappa shape index (κ2) is 8.98. The molecule has 1 heterocycles. The van der Waals surface area contributed by atoms with Crippen LogP contribution in [0.3, 0.4) is 0 Å². The fourth-order valence-corrected chi connectivity index (χ4v) is 2.69. The van der Waals surface area contributed by atoms with E-state index < -0.39 is 22.9 Å². The van der Waals surface area contributed by atoms with Crippen LogP contribution in [-0.2, 0) is 27.4 Å². The molecule has 28 heavy (non-hydrogen) atoms. The van der Waals surface area contributed by atoms with Crippen molar-refractivity contribution < 1.29 is 24.0 Å². The Labute approximate surface area is 161 Å². The number of para-hydroxylation sites is 1. The fourth-order valence-electron chi connectivity index (χ4n) is 2.69. The number of nitro groups is 1. The van der Waals surface area contributed by atoms with Crippen LogP contribution in [0.2, 0.25) is 0 Å². The average Bonchev–Trinajstić information content (AvgIpc) is 2.92. The Kier molecular flexibility index (Phi) is 6.69. The van der Waals surface area contributed by atoms with Crippen LogP contribution >= 0.6 is 0 Å². The molecule has 0 radical (unpaired) electrons. The highest BCUT2D eigenvalue weighted by molar-refractivity contribution is 5.83. The van der Waals surface area contributed by atoms with E-state index in [4.69, 9.17) is 9.47 Å². The average molecular weight is 390 g/mol. The van der Waals surface area contributed by atoms with Crippen LogP contribution in [0.4, 0.5) is 5.69 Å². The summed E-state index contributed by atoms with van der Waals surface area (Å²) in [5.74, 6) is -0.558. The van der Waals surface area contributed by atoms with Crippen molar-refractivity contribution in [1.82, 2.24) is 15.1 Å². The zero-order valence-electron chi connectivity index (χ0n) is 16.1. The second-order valence-electron chi connectivity index (χ2n) is 6.10. The van der Waals surface area contributed by atoms with Crippen LogP contribution in [0.1, 0.15) is 23.9 Å². The molecule has 1 atom stereocenters. The molecule has 0 saturated carbocycles. The van der Waals surface area contributed by atoms with Crippen molar-refractivity contribution in [3.8, 4) is 5.75 Å². The minimum absolute atomic E-state index is 0.143. The maximum atomic E-state index is 12.2. The standard InChI is InChI=1S/C18H22N4O6/c1-11-17(22(25)26)12(2)21(20-11)10-16(23)28-13(3)18(24)19-9-14-7-5-6-8-15(14)27-4/h5-8,13H,9-10H2,1-4H3,(H,19,24)/t13-/m0/s1. The molecule has 0 aliphatic heterocycles. The molecule has 0 bridgehead atoms. The molecule has 10 nitrogen and oxygen atoms in total. The monoisotopic (exact) mass is 390 g/mol. The first-order chi connectivity index (χ1) is 13.2. The molecule has 0 aliphatic rings. The van der Waals surface area contributed by atoms with Gasteiger partial charge >= 0.3 is 11.7 Å². The largest absolute Gasteiger partial charge is 0.496 e. The summed E-state index contributed by atoms with van der Waals surface area (Å²) in [6, 6.07) is 7.23. The Morgan fingerprint density at radius 2 is 2.00 bits per heavy atom. The van der Waals surface area contributed by atoms with Gasteiger partial charge in [-0.15, -0.1) is 0 Å². The van der Waals surface area contributed by atoms with E-state index in [0.29, 0.717) is 5.75 Å². The molecule has 1 amide bonds. The molecule has 0 fully saturated rings. The van der Waals surface area contributed by atoms with Crippen molar-refractivity contribution in [1.29, 1.82) is 0 Å². The number of hydrogen-bond acceptors (Lipinski definition) is 7. The highest BCUT2D eigenvalue weighted by atomic mass is 16.6. The number of nitrogens with zero attached hydrogens (tertiary/aromatic N) is 3. The Hall–Kier alpha value is -3.43. The molecule has 1 aromatic carbocycles. The SMILES string of the molecule is COc1ccccc1CNC(=O)[C@H](C)OC(=O)Cn1nc(C)c([N+](=O)[O-])c1C. The van der Waals surface area contributed by atoms with Gasteiger partial charge in [0, 0.05) is 12.1 Å². The first-order valence-electron chi connectivity index (χ1n) is 8.52. The minimum Gasteiger partial charge on any atom is -0.496 e. The van der Waals surface area contributed by atoms with Gasteiger partial charge in [0.2, 0.25) is 0 Å². The van der Waals surface area contributed by atoms with Crippen molar-refractivity contribution in [2.24, 2.45) is 0 Å². The van der Waals surface area contributed by atoms with Crippen molar-refractivity contribution in [3.05, 3.63) is 51.3 Å². The van der Waals surface area contributed by atoms with Gasteiger partial charge in [-0.05, 0) is 26.8 Å². The summed E-state index contributed by atoms with van der Waals surface area (Å²) in [6.45, 7) is 4.31. The van der Waals surface area contributed by atoms with Crippen LogP contribution in [-0.4, -0.2) is 39.8 Å². The molecule has 2 rings (SSSR count). The Morgan fingerprint density at radius 3 is 2.61 bits per heavy atom. The summed E-state index contributed by atoms with van der Waals surface area (Å²) >= 11 is 0. The van der Waals surface area contributed by atoms with Gasteiger partial charge in [0.05, 0.1) is 12.0 Å². The van der Waals surface area contributed by atoms with Gasteiger partial charge < -0.3 is 14.8 Å². The summed E-state index contributed by atoms with van der Waals surface area (Å²) in [4.78, 5) is 34.7. The number of nitrogens with one attached hydrogen (secondary N) is 1. The van der Waals surface area contributed by atoms with E-state index in [-0.39, 0.29) is 30.2 Å². The molecular formula is C18H22N4O6. The Morgan fingerprint density at radius 1 is 1.32 bits per heavy atom. The third kappa shape index (κ3) is 4.84. The van der Waals surface area contributed by atoms with Gasteiger partial charge in [0.1, 0.15) is 23.7 Å². The van der Waals surface area contributed by atoms with Gasteiger partial charge in [0.15, 0.2) is 6.10 Å². The van der Waals surface area contributed by atoms with E-state index in [1.807, 2.05) is 18.2 Å². The molecule has 0 unspecified atom stereocenters. The lowest BCUT2D eigenvalue weighted by atomic mass is 10.2. The summed E-state index contributed by atoms with van der Waals surface area (Å²) < 4.78 is 11.5. The number of aryl methyl sites for hydroxylation is 1. The van der Waals surface area contributed by atoms with E-state index in [0.717, 1.165) is 5.56 Å². The number of aromatic nitrogens is 2. The number of hydrogen-bond donors (Lipinski definition) is 1. The van der Waals surface area contributed by atoms with E-state index in [1.165, 1.54) is 32.6 Å². The number of ether oxygens (including phenoxy) is 2. The molecule has 0 aliphatic carbocycles. The van der Waals surface area contributed by atoms with Crippen LogP contribution in [0.15, 0.2) is 24.3 Å². The van der Waals surface area contributed by atoms with Crippen LogP contribution < -0.4 is 10.1 Å². The number of carbonyl (C=O) groups excluding carboxylic acids is 2. The highest BCUT2D eigenvalue weighted by Gasteiger charge is 2.24. The summed E-state index contributed by atoms with van der Waals surface area (Å²) in [5.41, 5.74) is 1.09. The summed E-state index contributed by atoms with van der Waals surface area (Å²) in [7, 11) is 1.54. The zero-order chi connectivity index (χ0) is 20.8. The molecule has 1 aromatic heterocycles. The zero-order valence-corrected chi connectivity index (χ0v) is 16.1. The molecule has 0 saturated heterocycles. The number of benzene rings is 1. The maximum absolute atomic E-state index is 12.2. The summed E-state index contributed by atoms with van der Waals surface area (Å²) in [5, 5.41) is 17.7. The number of carbonyl (C=O) groups is 2. The molecule has 150 valence electrons. The predicted molar refractivity (Wildman–Crippen MR) is 98.8 cm³/mol. The first-order valence-corrected chi connectivity index (χ1v) is 8.52. The second-order valence-corrected chi connectivity index (χ2v) is 6.10. The normalized spacial score (nSPS) is 11.6. The Balaban J connectivity index is 1.92. The van der Waals surface area contributed by atoms with Gasteiger partial charge in [-0.3, -0.25) is 24.4 Å². The molecular weight excluding hydrogens is 368 g/mol. The number of amides is 1. The van der Waals surface area contributed by atoms with Gasteiger partial charge in [-0.25, -0.2) is 0 Å². The number of esters is 1. The quantitative estimate of drug-likeness (QED) is 0.413. The number of methoxy groups -OCH3 is 1. The van der Waals surface area contributed by atoms with E-state index >= 15 is 0 Å². The van der Waals surface area contributed by atoms with Gasteiger partial charge in [-0.2, -0.15) is 5.10 Å². The summed E-state index contributed by atoms with van der Waals surface area (Å²) in [6.07, 6.45) is -1.03. The highest BCUT2D eigenvalue weighted by Crippen LogP contribution is 2.21. The lowest BCUT2D eigenvalue weighted by molar-refractivity contribution is -0.386. The topological polar surface area (TPSA) is 126 Å². The van der Waals surface area contributed by atoms with E-state index in [2.05, 4.69) is 10.4 Å². The molecule has 1 N–H and O–H groups in total. The fraction of sp³-hybridized carbons (Fsp3) is 0.389. The smallest absolute Gasteiger partial charge is 0.328 e. The minimum atomic E-state index is -1.03. The van der Waals surface area contributed by atoms with Crippen molar-refractivity contribution >= 4 is 17.6 Å². The van der Waals surface area contributed by atoms with Gasteiger partial charge in [0.25, 0.3) is 5.91 Å². The van der Waals surface area contributed by atoms with Crippen molar-refractivity contribution in [2.45, 2.75) is 40.0 Å². The first kappa shape index (κ1) is 20.9. The van der Waals surface area contributed by atoms with Crippen LogP contribution in [0.25, 0.3) is 0 Å². The maximum Gasteiger partial charge on any atom is 0.328 e. The van der Waals surface area contributed by atoms with E-state index in [9.17, 15) is 19.7 Å². The van der Waals surface area contributed by atoms with E-state index in [1.54, 1.807) is 6.07 Å². The van der Waals surface area contributed by atoms with Crippen molar-refractivity contribution in [3.63, 3.8) is 0 Å².